The third-order valence-electron chi connectivity index (χ3n) is 3.08. The maximum Gasteiger partial charge on any atom is 0.417 e. The van der Waals surface area contributed by atoms with Crippen LogP contribution in [0.15, 0.2) is 18.2 Å². The summed E-state index contributed by atoms with van der Waals surface area (Å²) in [4.78, 5) is 23.3. The fourth-order valence-corrected chi connectivity index (χ4v) is 2.26. The molecular formula is C13H13ClF3N3O2. The van der Waals surface area contributed by atoms with Gasteiger partial charge in [-0.1, -0.05) is 11.6 Å². The van der Waals surface area contributed by atoms with Crippen molar-refractivity contribution in [1.29, 1.82) is 0 Å². The Morgan fingerprint density at radius 1 is 1.36 bits per heavy atom. The van der Waals surface area contributed by atoms with Gasteiger partial charge in [0.1, 0.15) is 0 Å². The number of carbonyl (C=O) groups is 2. The van der Waals surface area contributed by atoms with E-state index in [0.29, 0.717) is 13.1 Å². The highest BCUT2D eigenvalue weighted by Crippen LogP contribution is 2.36. The summed E-state index contributed by atoms with van der Waals surface area (Å²) >= 11 is 5.50. The van der Waals surface area contributed by atoms with Crippen LogP contribution in [0.25, 0.3) is 0 Å². The van der Waals surface area contributed by atoms with Gasteiger partial charge < -0.3 is 16.0 Å². The molecule has 1 atom stereocenters. The van der Waals surface area contributed by atoms with Crippen molar-refractivity contribution in [2.75, 3.05) is 18.4 Å². The van der Waals surface area contributed by atoms with Crippen LogP contribution in [0.1, 0.15) is 12.0 Å². The Kier molecular flexibility index (Phi) is 4.92. The average Bonchev–Trinajstić information content (AvgIpc) is 2.42. The number of hydrogen-bond acceptors (Lipinski definition) is 3. The number of hydrogen-bond donors (Lipinski definition) is 3. The Balaban J connectivity index is 2.04. The van der Waals surface area contributed by atoms with E-state index >= 15 is 0 Å². The van der Waals surface area contributed by atoms with Gasteiger partial charge in [0.25, 0.3) is 0 Å². The number of rotatable bonds is 3. The van der Waals surface area contributed by atoms with Crippen molar-refractivity contribution < 1.29 is 22.8 Å². The van der Waals surface area contributed by atoms with Gasteiger partial charge in [-0.15, -0.1) is 0 Å². The highest BCUT2D eigenvalue weighted by molar-refractivity contribution is 6.31. The van der Waals surface area contributed by atoms with E-state index in [9.17, 15) is 22.8 Å². The third-order valence-corrected chi connectivity index (χ3v) is 3.41. The summed E-state index contributed by atoms with van der Waals surface area (Å²) < 4.78 is 38.2. The molecule has 2 amide bonds. The summed E-state index contributed by atoms with van der Waals surface area (Å²) in [5, 5.41) is 7.33. The molecule has 1 saturated heterocycles. The molecule has 1 aliphatic rings. The second kappa shape index (κ2) is 6.53. The molecule has 120 valence electrons. The van der Waals surface area contributed by atoms with E-state index in [1.807, 2.05) is 0 Å². The molecule has 1 unspecified atom stereocenters. The largest absolute Gasteiger partial charge is 0.417 e. The zero-order valence-electron chi connectivity index (χ0n) is 11.3. The molecule has 1 aliphatic heterocycles. The van der Waals surface area contributed by atoms with E-state index in [-0.39, 0.29) is 18.0 Å². The van der Waals surface area contributed by atoms with Crippen molar-refractivity contribution >= 4 is 29.1 Å². The molecule has 22 heavy (non-hydrogen) atoms. The molecule has 9 heteroatoms. The van der Waals surface area contributed by atoms with Crippen LogP contribution >= 0.6 is 11.6 Å². The topological polar surface area (TPSA) is 70.2 Å². The predicted molar refractivity (Wildman–Crippen MR) is 74.5 cm³/mol. The lowest BCUT2D eigenvalue weighted by Gasteiger charge is -2.23. The third kappa shape index (κ3) is 4.11. The van der Waals surface area contributed by atoms with Crippen LogP contribution in [0.4, 0.5) is 18.9 Å². The minimum Gasteiger partial charge on any atom is -0.353 e. The van der Waals surface area contributed by atoms with Crippen LogP contribution < -0.4 is 16.0 Å². The standard InChI is InChI=1S/C13H13ClF3N3O2/c14-9-2-1-7(5-8(9)13(15,16)17)20-11(21)6-10-12(22)19-4-3-18-10/h1-2,5,10,18H,3-4,6H2,(H,19,22)(H,20,21). The molecule has 0 spiro atoms. The maximum atomic E-state index is 12.7. The van der Waals surface area contributed by atoms with Gasteiger partial charge in [-0.05, 0) is 18.2 Å². The minimum absolute atomic E-state index is 0.0297. The van der Waals surface area contributed by atoms with Crippen LogP contribution in [-0.2, 0) is 15.8 Å². The first-order valence-corrected chi connectivity index (χ1v) is 6.83. The second-order valence-electron chi connectivity index (χ2n) is 4.74. The number of benzene rings is 1. The molecule has 2 rings (SSSR count). The zero-order chi connectivity index (χ0) is 16.3. The predicted octanol–water partition coefficient (Wildman–Crippen LogP) is 1.78. The van der Waals surface area contributed by atoms with Crippen molar-refractivity contribution in [3.05, 3.63) is 28.8 Å². The first-order valence-electron chi connectivity index (χ1n) is 6.45. The van der Waals surface area contributed by atoms with Crippen molar-refractivity contribution in [1.82, 2.24) is 10.6 Å². The van der Waals surface area contributed by atoms with E-state index in [1.54, 1.807) is 0 Å². The van der Waals surface area contributed by atoms with Gasteiger partial charge in [0.05, 0.1) is 23.0 Å². The highest BCUT2D eigenvalue weighted by Gasteiger charge is 2.33. The van der Waals surface area contributed by atoms with Crippen molar-refractivity contribution in [2.24, 2.45) is 0 Å². The molecule has 0 aromatic heterocycles. The van der Waals surface area contributed by atoms with E-state index in [4.69, 9.17) is 11.6 Å². The zero-order valence-corrected chi connectivity index (χ0v) is 12.0. The molecule has 5 nitrogen and oxygen atoms in total. The number of alkyl halides is 3. The molecule has 0 saturated carbocycles. The smallest absolute Gasteiger partial charge is 0.353 e. The van der Waals surface area contributed by atoms with E-state index in [2.05, 4.69) is 16.0 Å². The summed E-state index contributed by atoms with van der Waals surface area (Å²) in [5.41, 5.74) is -1.06. The maximum absolute atomic E-state index is 12.7. The summed E-state index contributed by atoms with van der Waals surface area (Å²) in [6.45, 7) is 1.01. The lowest BCUT2D eigenvalue weighted by Crippen LogP contribution is -2.53. The fourth-order valence-electron chi connectivity index (χ4n) is 2.03. The summed E-state index contributed by atoms with van der Waals surface area (Å²) in [7, 11) is 0. The molecular weight excluding hydrogens is 323 g/mol. The van der Waals surface area contributed by atoms with E-state index < -0.39 is 28.7 Å². The summed E-state index contributed by atoms with van der Waals surface area (Å²) in [6, 6.07) is 2.40. The van der Waals surface area contributed by atoms with Gasteiger partial charge >= 0.3 is 6.18 Å². The fraction of sp³-hybridized carbons (Fsp3) is 0.385. The average molecular weight is 336 g/mol. The highest BCUT2D eigenvalue weighted by atomic mass is 35.5. The first-order chi connectivity index (χ1) is 10.3. The molecule has 0 radical (unpaired) electrons. The lowest BCUT2D eigenvalue weighted by molar-refractivity contribution is -0.137. The Morgan fingerprint density at radius 3 is 2.73 bits per heavy atom. The molecule has 1 aromatic carbocycles. The quantitative estimate of drug-likeness (QED) is 0.788. The number of amides is 2. The number of nitrogens with one attached hydrogen (secondary N) is 3. The van der Waals surface area contributed by atoms with Crippen molar-refractivity contribution in [2.45, 2.75) is 18.6 Å². The van der Waals surface area contributed by atoms with Gasteiger partial charge in [0, 0.05) is 18.8 Å². The number of anilines is 1. The normalized spacial score (nSPS) is 18.7. The first kappa shape index (κ1) is 16.6. The Morgan fingerprint density at radius 2 is 2.09 bits per heavy atom. The number of piperazine rings is 1. The molecule has 0 bridgehead atoms. The SMILES string of the molecule is O=C(CC1NCCNC1=O)Nc1ccc(Cl)c(C(F)(F)F)c1. The van der Waals surface area contributed by atoms with Crippen molar-refractivity contribution in [3.63, 3.8) is 0 Å². The van der Waals surface area contributed by atoms with Crippen LogP contribution in [0, 0.1) is 0 Å². The molecule has 1 heterocycles. The van der Waals surface area contributed by atoms with Crippen LogP contribution in [0.3, 0.4) is 0 Å². The molecule has 0 aliphatic carbocycles. The summed E-state index contributed by atoms with van der Waals surface area (Å²) in [5.74, 6) is -0.876. The van der Waals surface area contributed by atoms with E-state index in [1.165, 1.54) is 6.07 Å². The van der Waals surface area contributed by atoms with Gasteiger partial charge in [0.15, 0.2) is 0 Å². The second-order valence-corrected chi connectivity index (χ2v) is 5.15. The Hall–Kier alpha value is -1.80. The molecule has 3 N–H and O–H groups in total. The van der Waals surface area contributed by atoms with Gasteiger partial charge in [-0.2, -0.15) is 13.2 Å². The monoisotopic (exact) mass is 335 g/mol. The summed E-state index contributed by atoms with van der Waals surface area (Å²) in [6.07, 6.45) is -4.78. The van der Waals surface area contributed by atoms with Crippen LogP contribution in [0.5, 0.6) is 0 Å². The molecule has 1 aromatic rings. The minimum atomic E-state index is -4.61. The number of carbonyl (C=O) groups excluding carboxylic acids is 2. The van der Waals surface area contributed by atoms with Crippen LogP contribution in [-0.4, -0.2) is 30.9 Å². The van der Waals surface area contributed by atoms with Crippen molar-refractivity contribution in [3.8, 4) is 0 Å². The van der Waals surface area contributed by atoms with Crippen LogP contribution in [0.2, 0.25) is 5.02 Å². The Bertz CT molecular complexity index is 592. The lowest BCUT2D eigenvalue weighted by atomic mass is 10.1. The van der Waals surface area contributed by atoms with E-state index in [0.717, 1.165) is 12.1 Å². The Labute approximate surface area is 129 Å². The number of halogens is 4. The van der Waals surface area contributed by atoms with Gasteiger partial charge in [-0.25, -0.2) is 0 Å². The molecule has 1 fully saturated rings. The van der Waals surface area contributed by atoms with Gasteiger partial charge in [-0.3, -0.25) is 9.59 Å². The van der Waals surface area contributed by atoms with Gasteiger partial charge in [0.2, 0.25) is 11.8 Å².